The second-order valence-electron chi connectivity index (χ2n) is 4.70. The van der Waals surface area contributed by atoms with E-state index < -0.39 is 0 Å². The fourth-order valence-corrected chi connectivity index (χ4v) is 2.92. The van der Waals surface area contributed by atoms with Crippen LogP contribution in [0.4, 0.5) is 5.69 Å². The summed E-state index contributed by atoms with van der Waals surface area (Å²) in [5.41, 5.74) is 1.84. The molecule has 2 aromatic carbocycles. The van der Waals surface area contributed by atoms with E-state index in [0.717, 1.165) is 20.6 Å². The van der Waals surface area contributed by atoms with Crippen LogP contribution in [0.2, 0.25) is 0 Å². The molecule has 0 fully saturated rings. The largest absolute Gasteiger partial charge is 0.493 e. The number of benzene rings is 2. The molecule has 4 heteroatoms. The maximum atomic E-state index is 12.5. The lowest BCUT2D eigenvalue weighted by molar-refractivity contribution is -0.118. The fourth-order valence-electron chi connectivity index (χ4n) is 2.40. The Hall–Kier alpha value is -1.56. The Morgan fingerprint density at radius 2 is 1.90 bits per heavy atom. The molecule has 1 atom stereocenters. The number of carbonyl (C=O) groups is 1. The smallest absolute Gasteiger partial charge is 0.232 e. The topological polar surface area (TPSA) is 38.3 Å². The van der Waals surface area contributed by atoms with Gasteiger partial charge in [0.25, 0.3) is 0 Å². The van der Waals surface area contributed by atoms with Gasteiger partial charge >= 0.3 is 0 Å². The molecular formula is C16H14INO2. The van der Waals surface area contributed by atoms with Gasteiger partial charge in [0.05, 0.1) is 18.2 Å². The standard InChI is InChI=1S/C16H14INO2/c17-13-6-2-3-7-14(13)18-16(19)12-9-10-20-15-8-4-1-5-11(12)15/h1-8,12H,9-10H2,(H,18,19). The lowest BCUT2D eigenvalue weighted by Gasteiger charge is -2.25. The summed E-state index contributed by atoms with van der Waals surface area (Å²) in [6, 6.07) is 15.5. The third-order valence-electron chi connectivity index (χ3n) is 3.41. The Bertz CT molecular complexity index is 642. The van der Waals surface area contributed by atoms with Gasteiger partial charge in [-0.2, -0.15) is 0 Å². The van der Waals surface area contributed by atoms with Crippen LogP contribution < -0.4 is 10.1 Å². The summed E-state index contributed by atoms with van der Waals surface area (Å²) in [6.45, 7) is 0.584. The van der Waals surface area contributed by atoms with Crippen molar-refractivity contribution in [3.05, 3.63) is 57.7 Å². The Kier molecular flexibility index (Phi) is 3.91. The van der Waals surface area contributed by atoms with Crippen LogP contribution in [-0.4, -0.2) is 12.5 Å². The number of hydrogen-bond acceptors (Lipinski definition) is 2. The molecule has 1 aliphatic rings. The molecule has 0 aromatic heterocycles. The molecule has 1 aliphatic heterocycles. The predicted octanol–water partition coefficient (Wildman–Crippen LogP) is 3.80. The average Bonchev–Trinajstić information content (AvgIpc) is 2.49. The molecule has 20 heavy (non-hydrogen) atoms. The summed E-state index contributed by atoms with van der Waals surface area (Å²) in [4.78, 5) is 12.5. The third-order valence-corrected chi connectivity index (χ3v) is 4.35. The van der Waals surface area contributed by atoms with Crippen molar-refractivity contribution < 1.29 is 9.53 Å². The number of hydrogen-bond donors (Lipinski definition) is 1. The van der Waals surface area contributed by atoms with Crippen molar-refractivity contribution in [2.24, 2.45) is 0 Å². The molecule has 0 saturated heterocycles. The molecule has 3 nitrogen and oxygen atoms in total. The number of nitrogens with one attached hydrogen (secondary N) is 1. The van der Waals surface area contributed by atoms with E-state index >= 15 is 0 Å². The molecule has 1 heterocycles. The molecule has 0 spiro atoms. The van der Waals surface area contributed by atoms with Crippen molar-refractivity contribution in [2.45, 2.75) is 12.3 Å². The zero-order chi connectivity index (χ0) is 13.9. The summed E-state index contributed by atoms with van der Waals surface area (Å²) < 4.78 is 6.64. The number of carbonyl (C=O) groups excluding carboxylic acids is 1. The van der Waals surface area contributed by atoms with E-state index in [9.17, 15) is 4.79 Å². The van der Waals surface area contributed by atoms with Crippen molar-refractivity contribution >= 4 is 34.2 Å². The number of amides is 1. The summed E-state index contributed by atoms with van der Waals surface area (Å²) >= 11 is 2.23. The van der Waals surface area contributed by atoms with Crippen molar-refractivity contribution in [1.82, 2.24) is 0 Å². The van der Waals surface area contributed by atoms with Gasteiger partial charge in [-0.05, 0) is 47.2 Å². The Morgan fingerprint density at radius 3 is 2.75 bits per heavy atom. The van der Waals surface area contributed by atoms with Gasteiger partial charge in [0.15, 0.2) is 0 Å². The van der Waals surface area contributed by atoms with E-state index in [4.69, 9.17) is 4.74 Å². The normalized spacial score (nSPS) is 16.9. The van der Waals surface area contributed by atoms with Crippen LogP contribution in [0.15, 0.2) is 48.5 Å². The molecule has 0 aliphatic carbocycles. The summed E-state index contributed by atoms with van der Waals surface area (Å²) in [6.07, 6.45) is 0.715. The van der Waals surface area contributed by atoms with E-state index in [0.29, 0.717) is 13.0 Å². The highest BCUT2D eigenvalue weighted by Crippen LogP contribution is 2.34. The van der Waals surface area contributed by atoms with Crippen LogP contribution in [-0.2, 0) is 4.79 Å². The van der Waals surface area contributed by atoms with Crippen molar-refractivity contribution in [3.63, 3.8) is 0 Å². The Balaban J connectivity index is 1.84. The first-order chi connectivity index (χ1) is 9.75. The maximum Gasteiger partial charge on any atom is 0.232 e. The average molecular weight is 379 g/mol. The van der Waals surface area contributed by atoms with Crippen LogP contribution in [0, 0.1) is 3.57 Å². The Morgan fingerprint density at radius 1 is 1.15 bits per heavy atom. The van der Waals surface area contributed by atoms with Gasteiger partial charge in [-0.15, -0.1) is 0 Å². The molecular weight excluding hydrogens is 365 g/mol. The van der Waals surface area contributed by atoms with E-state index in [1.54, 1.807) is 0 Å². The summed E-state index contributed by atoms with van der Waals surface area (Å²) in [5, 5.41) is 3.02. The zero-order valence-electron chi connectivity index (χ0n) is 10.8. The summed E-state index contributed by atoms with van der Waals surface area (Å²) in [7, 11) is 0. The molecule has 1 N–H and O–H groups in total. The van der Waals surface area contributed by atoms with Crippen LogP contribution in [0.25, 0.3) is 0 Å². The number of anilines is 1. The number of fused-ring (bicyclic) bond motifs is 1. The molecule has 0 saturated carbocycles. The Labute approximate surface area is 131 Å². The lowest BCUT2D eigenvalue weighted by Crippen LogP contribution is -2.26. The third kappa shape index (κ3) is 2.65. The first kappa shape index (κ1) is 13.4. The van der Waals surface area contributed by atoms with E-state index in [2.05, 4.69) is 27.9 Å². The van der Waals surface area contributed by atoms with Crippen molar-refractivity contribution in [3.8, 4) is 5.75 Å². The minimum absolute atomic E-state index is 0.0323. The molecule has 3 rings (SSSR count). The highest BCUT2D eigenvalue weighted by Gasteiger charge is 2.27. The van der Waals surface area contributed by atoms with Gasteiger partial charge in [0.2, 0.25) is 5.91 Å². The SMILES string of the molecule is O=C(Nc1ccccc1I)C1CCOc2ccccc21. The van der Waals surface area contributed by atoms with E-state index in [1.807, 2.05) is 48.5 Å². The molecule has 0 bridgehead atoms. The first-order valence-corrected chi connectivity index (χ1v) is 7.60. The minimum Gasteiger partial charge on any atom is -0.493 e. The van der Waals surface area contributed by atoms with Gasteiger partial charge in [-0.3, -0.25) is 4.79 Å². The number of para-hydroxylation sites is 2. The molecule has 102 valence electrons. The predicted molar refractivity (Wildman–Crippen MR) is 87.1 cm³/mol. The minimum atomic E-state index is -0.143. The lowest BCUT2D eigenvalue weighted by atomic mass is 9.92. The van der Waals surface area contributed by atoms with E-state index in [-0.39, 0.29) is 11.8 Å². The fraction of sp³-hybridized carbons (Fsp3) is 0.188. The van der Waals surface area contributed by atoms with Gasteiger partial charge in [0, 0.05) is 9.13 Å². The van der Waals surface area contributed by atoms with Gasteiger partial charge < -0.3 is 10.1 Å². The quantitative estimate of drug-likeness (QED) is 0.807. The van der Waals surface area contributed by atoms with Gasteiger partial charge in [-0.25, -0.2) is 0 Å². The molecule has 1 unspecified atom stereocenters. The van der Waals surface area contributed by atoms with Crippen LogP contribution in [0.3, 0.4) is 0 Å². The number of ether oxygens (including phenoxy) is 1. The molecule has 1 amide bonds. The summed E-state index contributed by atoms with van der Waals surface area (Å²) in [5.74, 6) is 0.711. The number of halogens is 1. The monoisotopic (exact) mass is 379 g/mol. The molecule has 2 aromatic rings. The highest BCUT2D eigenvalue weighted by molar-refractivity contribution is 14.1. The second kappa shape index (κ2) is 5.83. The van der Waals surface area contributed by atoms with Crippen LogP contribution in [0.1, 0.15) is 17.9 Å². The van der Waals surface area contributed by atoms with Crippen molar-refractivity contribution in [1.29, 1.82) is 0 Å². The molecule has 0 radical (unpaired) electrons. The van der Waals surface area contributed by atoms with Gasteiger partial charge in [-0.1, -0.05) is 30.3 Å². The first-order valence-electron chi connectivity index (χ1n) is 6.53. The maximum absolute atomic E-state index is 12.5. The van der Waals surface area contributed by atoms with Crippen molar-refractivity contribution in [2.75, 3.05) is 11.9 Å². The van der Waals surface area contributed by atoms with Crippen LogP contribution in [0.5, 0.6) is 5.75 Å². The van der Waals surface area contributed by atoms with E-state index in [1.165, 1.54) is 0 Å². The van der Waals surface area contributed by atoms with Gasteiger partial charge in [0.1, 0.15) is 5.75 Å². The van der Waals surface area contributed by atoms with Crippen LogP contribution >= 0.6 is 22.6 Å². The highest BCUT2D eigenvalue weighted by atomic mass is 127. The zero-order valence-corrected chi connectivity index (χ0v) is 13.0. The number of rotatable bonds is 2. The second-order valence-corrected chi connectivity index (χ2v) is 5.86.